The van der Waals surface area contributed by atoms with Gasteiger partial charge in [0.25, 0.3) is 0 Å². The third-order valence-corrected chi connectivity index (χ3v) is 7.27. The molecule has 1 aliphatic heterocycles. The molecule has 0 aromatic heterocycles. The molecular formula is C30H33ClN4O3. The van der Waals surface area contributed by atoms with Crippen molar-refractivity contribution in [2.75, 3.05) is 36.1 Å². The van der Waals surface area contributed by atoms with Crippen molar-refractivity contribution in [3.63, 3.8) is 0 Å². The van der Waals surface area contributed by atoms with Gasteiger partial charge in [-0.15, -0.1) is 0 Å². The molecule has 5 N–H and O–H groups in total. The Labute approximate surface area is 228 Å². The van der Waals surface area contributed by atoms with Crippen LogP contribution >= 0.6 is 11.6 Å². The first-order valence-corrected chi connectivity index (χ1v) is 12.9. The highest BCUT2D eigenvalue weighted by Gasteiger charge is 2.43. The Hall–Kier alpha value is -3.65. The number of hydrogen-bond donors (Lipinski definition) is 4. The smallest absolute Gasteiger partial charge is 0.248 e. The van der Waals surface area contributed by atoms with Crippen LogP contribution in [0.15, 0.2) is 78.9 Å². The monoisotopic (exact) mass is 532 g/mol. The summed E-state index contributed by atoms with van der Waals surface area (Å²) < 4.78 is 0. The molecule has 0 radical (unpaired) electrons. The first-order valence-electron chi connectivity index (χ1n) is 12.5. The van der Waals surface area contributed by atoms with Crippen molar-refractivity contribution < 1.29 is 14.7 Å². The van der Waals surface area contributed by atoms with Gasteiger partial charge >= 0.3 is 0 Å². The third-order valence-electron chi connectivity index (χ3n) is 7.02. The second-order valence-corrected chi connectivity index (χ2v) is 10.6. The van der Waals surface area contributed by atoms with Crippen LogP contribution in [0, 0.1) is 5.92 Å². The minimum atomic E-state index is -0.453. The largest absolute Gasteiger partial charge is 0.397 e. The lowest BCUT2D eigenvalue weighted by Gasteiger charge is -2.33. The summed E-state index contributed by atoms with van der Waals surface area (Å²) in [6.07, 6.45) is 3.20. The van der Waals surface area contributed by atoms with Crippen molar-refractivity contribution in [3.8, 4) is 0 Å². The van der Waals surface area contributed by atoms with Crippen molar-refractivity contribution in [2.45, 2.75) is 25.3 Å². The highest BCUT2D eigenvalue weighted by Crippen LogP contribution is 2.37. The van der Waals surface area contributed by atoms with Gasteiger partial charge in [0.05, 0.1) is 23.9 Å². The Morgan fingerprint density at radius 2 is 1.71 bits per heavy atom. The van der Waals surface area contributed by atoms with Crippen LogP contribution in [0.2, 0.25) is 5.02 Å². The average molecular weight is 533 g/mol. The van der Waals surface area contributed by atoms with Gasteiger partial charge in [-0.05, 0) is 67.4 Å². The molecule has 1 heterocycles. The van der Waals surface area contributed by atoms with Crippen LogP contribution < -0.4 is 16.4 Å². The van der Waals surface area contributed by atoms with Gasteiger partial charge in [0, 0.05) is 41.3 Å². The van der Waals surface area contributed by atoms with Gasteiger partial charge in [0.15, 0.2) is 0 Å². The number of nitrogens with zero attached hydrogens (tertiary/aromatic N) is 1. The Balaban J connectivity index is 1.48. The third kappa shape index (κ3) is 6.61. The molecular weight excluding hydrogens is 500 g/mol. The van der Waals surface area contributed by atoms with Gasteiger partial charge in [0.1, 0.15) is 0 Å². The molecule has 4 rings (SSSR count). The van der Waals surface area contributed by atoms with Crippen LogP contribution in [0.5, 0.6) is 0 Å². The standard InChI is InChI=1S/C30H33ClN4O3/c1-30(2,19-36)35-17-24(25(18-35)29(38)33-23-14-12-22(31)13-15-23)21-10-7-20(8-11-21)9-16-28(37)34-27-6-4-3-5-26(27)32/h3-16,24-25,36H,17-19,32H2,1-2H3,(H,33,38)(H,34,37)/b16-9+/t24-,25+/m0/s1. The second kappa shape index (κ2) is 11.8. The number of nitrogens with one attached hydrogen (secondary N) is 2. The molecule has 0 aliphatic carbocycles. The predicted octanol–water partition coefficient (Wildman–Crippen LogP) is 5.00. The van der Waals surface area contributed by atoms with Crippen molar-refractivity contribution in [3.05, 3.63) is 95.0 Å². The molecule has 8 heteroatoms. The van der Waals surface area contributed by atoms with E-state index in [1.165, 1.54) is 6.08 Å². The maximum Gasteiger partial charge on any atom is 0.248 e. The topological polar surface area (TPSA) is 108 Å². The zero-order chi connectivity index (χ0) is 27.3. The minimum absolute atomic E-state index is 0.00826. The molecule has 3 aromatic rings. The lowest BCUT2D eigenvalue weighted by Crippen LogP contribution is -2.46. The molecule has 0 spiro atoms. The van der Waals surface area contributed by atoms with E-state index in [2.05, 4.69) is 15.5 Å². The van der Waals surface area contributed by atoms with E-state index in [1.807, 2.05) is 50.2 Å². The van der Waals surface area contributed by atoms with E-state index >= 15 is 0 Å². The van der Waals surface area contributed by atoms with E-state index in [0.29, 0.717) is 35.2 Å². The van der Waals surface area contributed by atoms with Crippen molar-refractivity contribution in [2.24, 2.45) is 5.92 Å². The number of halogens is 1. The maximum atomic E-state index is 13.4. The first kappa shape index (κ1) is 27.4. The molecule has 38 heavy (non-hydrogen) atoms. The predicted molar refractivity (Wildman–Crippen MR) is 154 cm³/mol. The van der Waals surface area contributed by atoms with Gasteiger partial charge < -0.3 is 21.5 Å². The van der Waals surface area contributed by atoms with E-state index in [4.69, 9.17) is 17.3 Å². The zero-order valence-electron chi connectivity index (χ0n) is 21.5. The number of carbonyl (C=O) groups excluding carboxylic acids is 2. The summed E-state index contributed by atoms with van der Waals surface area (Å²) >= 11 is 5.98. The van der Waals surface area contributed by atoms with Gasteiger partial charge in [-0.2, -0.15) is 0 Å². The molecule has 7 nitrogen and oxygen atoms in total. The van der Waals surface area contributed by atoms with Crippen LogP contribution in [0.1, 0.15) is 30.9 Å². The summed E-state index contributed by atoms with van der Waals surface area (Å²) in [7, 11) is 0. The SMILES string of the molecule is CC(C)(CO)N1C[C@@H](C(=O)Nc2ccc(Cl)cc2)[C@H](c2ccc(/C=C/C(=O)Nc3ccccc3N)cc2)C1. The molecule has 0 unspecified atom stereocenters. The lowest BCUT2D eigenvalue weighted by atomic mass is 9.88. The normalized spacial score (nSPS) is 18.0. The van der Waals surface area contributed by atoms with Crippen molar-refractivity contribution in [1.82, 2.24) is 4.90 Å². The first-order chi connectivity index (χ1) is 18.2. The van der Waals surface area contributed by atoms with Crippen LogP contribution in [-0.2, 0) is 9.59 Å². The number of likely N-dealkylation sites (tertiary alicyclic amines) is 1. The number of rotatable bonds is 8. The Morgan fingerprint density at radius 3 is 2.37 bits per heavy atom. The summed E-state index contributed by atoms with van der Waals surface area (Å²) in [4.78, 5) is 27.9. The summed E-state index contributed by atoms with van der Waals surface area (Å²) in [5.41, 5.74) is 9.08. The van der Waals surface area contributed by atoms with E-state index in [-0.39, 0.29) is 30.3 Å². The molecule has 198 valence electrons. The number of para-hydroxylation sites is 2. The number of amides is 2. The van der Waals surface area contributed by atoms with Crippen LogP contribution in [0.25, 0.3) is 6.08 Å². The van der Waals surface area contributed by atoms with Crippen molar-refractivity contribution >= 4 is 46.6 Å². The zero-order valence-corrected chi connectivity index (χ0v) is 22.3. The number of nitrogens with two attached hydrogens (primary N) is 1. The Kier molecular flexibility index (Phi) is 8.52. The average Bonchev–Trinajstić information content (AvgIpc) is 3.37. The van der Waals surface area contributed by atoms with Crippen LogP contribution in [-0.4, -0.2) is 47.1 Å². The molecule has 3 aromatic carbocycles. The summed E-state index contributed by atoms with van der Waals surface area (Å²) in [6.45, 7) is 5.12. The van der Waals surface area contributed by atoms with Gasteiger partial charge in [-0.1, -0.05) is 48.0 Å². The number of anilines is 3. The fourth-order valence-electron chi connectivity index (χ4n) is 4.58. The van der Waals surface area contributed by atoms with Crippen LogP contribution in [0.4, 0.5) is 17.1 Å². The van der Waals surface area contributed by atoms with E-state index in [1.54, 1.807) is 42.5 Å². The van der Waals surface area contributed by atoms with Crippen molar-refractivity contribution in [1.29, 1.82) is 0 Å². The number of aliphatic hydroxyl groups is 1. The molecule has 2 amide bonds. The quantitative estimate of drug-likeness (QED) is 0.241. The minimum Gasteiger partial charge on any atom is -0.397 e. The van der Waals surface area contributed by atoms with Gasteiger partial charge in [0.2, 0.25) is 11.8 Å². The van der Waals surface area contributed by atoms with E-state index < -0.39 is 5.54 Å². The number of aliphatic hydroxyl groups excluding tert-OH is 1. The summed E-state index contributed by atoms with van der Waals surface area (Å²) in [5.74, 6) is -0.714. The van der Waals surface area contributed by atoms with Gasteiger partial charge in [-0.3, -0.25) is 14.5 Å². The van der Waals surface area contributed by atoms with Gasteiger partial charge in [-0.25, -0.2) is 0 Å². The molecule has 0 saturated carbocycles. The number of benzene rings is 3. The highest BCUT2D eigenvalue weighted by molar-refractivity contribution is 6.30. The summed E-state index contributed by atoms with van der Waals surface area (Å²) in [5, 5.41) is 16.3. The molecule has 2 atom stereocenters. The molecule has 1 saturated heterocycles. The number of carbonyl (C=O) groups is 2. The lowest BCUT2D eigenvalue weighted by molar-refractivity contribution is -0.120. The Bertz CT molecular complexity index is 1310. The molecule has 1 aliphatic rings. The van der Waals surface area contributed by atoms with E-state index in [0.717, 1.165) is 11.1 Å². The summed E-state index contributed by atoms with van der Waals surface area (Å²) in [6, 6.07) is 22.0. The number of nitrogen functional groups attached to an aromatic ring is 1. The fourth-order valence-corrected chi connectivity index (χ4v) is 4.71. The Morgan fingerprint density at radius 1 is 1.03 bits per heavy atom. The van der Waals surface area contributed by atoms with E-state index in [9.17, 15) is 14.7 Å². The fraction of sp³-hybridized carbons (Fsp3) is 0.267. The maximum absolute atomic E-state index is 13.4. The molecule has 0 bridgehead atoms. The van der Waals surface area contributed by atoms with Crippen LogP contribution in [0.3, 0.4) is 0 Å². The highest BCUT2D eigenvalue weighted by atomic mass is 35.5. The number of hydrogen-bond acceptors (Lipinski definition) is 5. The second-order valence-electron chi connectivity index (χ2n) is 10.2. The molecule has 1 fully saturated rings.